The number of H-pyrrole nitrogens is 1. The van der Waals surface area contributed by atoms with Gasteiger partial charge in [0, 0.05) is 27.5 Å². The molecule has 2 aromatic carbocycles. The van der Waals surface area contributed by atoms with Crippen molar-refractivity contribution in [3.05, 3.63) is 69.8 Å². The zero-order valence-corrected chi connectivity index (χ0v) is 17.5. The molecule has 7 heteroatoms. The predicted molar refractivity (Wildman–Crippen MR) is 111 cm³/mol. The number of halogens is 2. The SMILES string of the molecule is COC(=O)[C@@H]1Cc2c([nH]c3ccccc23)[C@H](c2ccccc2Br)N1C(=O)CCl. The van der Waals surface area contributed by atoms with Gasteiger partial charge in [-0.3, -0.25) is 4.79 Å². The first-order valence-electron chi connectivity index (χ1n) is 8.85. The van der Waals surface area contributed by atoms with Crippen LogP contribution in [0.3, 0.4) is 0 Å². The third kappa shape index (κ3) is 3.01. The number of para-hydroxylation sites is 1. The molecule has 0 spiro atoms. The van der Waals surface area contributed by atoms with E-state index in [9.17, 15) is 9.59 Å². The van der Waals surface area contributed by atoms with E-state index in [-0.39, 0.29) is 11.8 Å². The molecular formula is C21H18BrClN2O3. The van der Waals surface area contributed by atoms with Gasteiger partial charge in [-0.25, -0.2) is 4.79 Å². The molecule has 0 bridgehead atoms. The smallest absolute Gasteiger partial charge is 0.328 e. The molecule has 2 heterocycles. The minimum absolute atomic E-state index is 0.218. The van der Waals surface area contributed by atoms with E-state index in [0.29, 0.717) is 6.42 Å². The molecule has 0 saturated heterocycles. The van der Waals surface area contributed by atoms with Gasteiger partial charge in [-0.2, -0.15) is 0 Å². The van der Waals surface area contributed by atoms with Crippen LogP contribution in [-0.4, -0.2) is 40.8 Å². The molecule has 1 aliphatic rings. The third-order valence-electron chi connectivity index (χ3n) is 5.21. The second-order valence-corrected chi connectivity index (χ2v) is 7.79. The van der Waals surface area contributed by atoms with E-state index >= 15 is 0 Å². The zero-order chi connectivity index (χ0) is 19.8. The van der Waals surface area contributed by atoms with Gasteiger partial charge in [0.2, 0.25) is 5.91 Å². The van der Waals surface area contributed by atoms with Gasteiger partial charge in [-0.1, -0.05) is 52.3 Å². The summed E-state index contributed by atoms with van der Waals surface area (Å²) in [6.07, 6.45) is 0.371. The second kappa shape index (κ2) is 7.60. The highest BCUT2D eigenvalue weighted by Crippen LogP contribution is 2.43. The number of fused-ring (bicyclic) bond motifs is 3. The minimum Gasteiger partial charge on any atom is -0.467 e. The first-order valence-corrected chi connectivity index (χ1v) is 10.2. The monoisotopic (exact) mass is 460 g/mol. The zero-order valence-electron chi connectivity index (χ0n) is 15.1. The summed E-state index contributed by atoms with van der Waals surface area (Å²) < 4.78 is 5.88. The molecule has 0 aliphatic carbocycles. The molecule has 4 rings (SSSR count). The van der Waals surface area contributed by atoms with Crippen LogP contribution in [0.2, 0.25) is 0 Å². The van der Waals surface area contributed by atoms with Crippen molar-refractivity contribution in [2.45, 2.75) is 18.5 Å². The Kier molecular flexibility index (Phi) is 5.17. The summed E-state index contributed by atoms with van der Waals surface area (Å²) in [5.74, 6) is -0.988. The number of carbonyl (C=O) groups excluding carboxylic acids is 2. The van der Waals surface area contributed by atoms with E-state index in [1.54, 1.807) is 4.90 Å². The van der Waals surface area contributed by atoms with E-state index < -0.39 is 18.1 Å². The van der Waals surface area contributed by atoms with E-state index in [2.05, 4.69) is 20.9 Å². The molecule has 5 nitrogen and oxygen atoms in total. The molecule has 1 amide bonds. The molecule has 0 unspecified atom stereocenters. The van der Waals surface area contributed by atoms with E-state index in [4.69, 9.17) is 16.3 Å². The summed E-state index contributed by atoms with van der Waals surface area (Å²) in [7, 11) is 1.34. The van der Waals surface area contributed by atoms with Crippen LogP contribution in [-0.2, 0) is 20.7 Å². The van der Waals surface area contributed by atoms with Crippen LogP contribution in [0.15, 0.2) is 53.0 Å². The second-order valence-electron chi connectivity index (χ2n) is 6.66. The van der Waals surface area contributed by atoms with Gasteiger partial charge < -0.3 is 14.6 Å². The Morgan fingerprint density at radius 1 is 1.21 bits per heavy atom. The number of amides is 1. The highest BCUT2D eigenvalue weighted by molar-refractivity contribution is 9.10. The maximum atomic E-state index is 12.9. The van der Waals surface area contributed by atoms with Crippen molar-refractivity contribution in [2.24, 2.45) is 0 Å². The molecule has 1 N–H and O–H groups in total. The summed E-state index contributed by atoms with van der Waals surface area (Å²) in [4.78, 5) is 30.5. The highest BCUT2D eigenvalue weighted by Gasteiger charge is 2.44. The first-order chi connectivity index (χ1) is 13.6. The molecule has 144 valence electrons. The summed E-state index contributed by atoms with van der Waals surface area (Å²) >= 11 is 9.53. The Morgan fingerprint density at radius 3 is 2.64 bits per heavy atom. The Labute approximate surface area is 175 Å². The van der Waals surface area contributed by atoms with Gasteiger partial charge in [0.25, 0.3) is 0 Å². The molecular weight excluding hydrogens is 444 g/mol. The Bertz CT molecular complexity index is 1060. The average molecular weight is 462 g/mol. The van der Waals surface area contributed by atoms with Crippen LogP contribution in [0.25, 0.3) is 10.9 Å². The van der Waals surface area contributed by atoms with Crippen molar-refractivity contribution in [3.8, 4) is 0 Å². The van der Waals surface area contributed by atoms with Gasteiger partial charge in [0.15, 0.2) is 0 Å². The van der Waals surface area contributed by atoms with Crippen molar-refractivity contribution >= 4 is 50.3 Å². The predicted octanol–water partition coefficient (Wildman–Crippen LogP) is 4.18. The summed E-state index contributed by atoms with van der Waals surface area (Å²) in [5.41, 5.74) is 3.76. The summed E-state index contributed by atoms with van der Waals surface area (Å²) in [6.45, 7) is 0. The molecule has 0 radical (unpaired) electrons. The van der Waals surface area contributed by atoms with Gasteiger partial charge >= 0.3 is 5.97 Å². The summed E-state index contributed by atoms with van der Waals surface area (Å²) in [5, 5.41) is 1.04. The number of methoxy groups -OCH3 is 1. The average Bonchev–Trinajstić information content (AvgIpc) is 3.10. The van der Waals surface area contributed by atoms with Crippen LogP contribution in [0.4, 0.5) is 0 Å². The Hall–Kier alpha value is -2.31. The number of nitrogens with one attached hydrogen (secondary N) is 1. The Morgan fingerprint density at radius 2 is 1.93 bits per heavy atom. The molecule has 1 aromatic heterocycles. The first kappa shape index (κ1) is 19.0. The normalized spacial score (nSPS) is 18.8. The fourth-order valence-corrected chi connectivity index (χ4v) is 4.65. The number of alkyl halides is 1. The molecule has 28 heavy (non-hydrogen) atoms. The largest absolute Gasteiger partial charge is 0.467 e. The molecule has 0 saturated carbocycles. The summed E-state index contributed by atoms with van der Waals surface area (Å²) in [6, 6.07) is 14.4. The van der Waals surface area contributed by atoms with Crippen molar-refractivity contribution in [3.63, 3.8) is 0 Å². The third-order valence-corrected chi connectivity index (χ3v) is 6.16. The van der Waals surface area contributed by atoms with Crippen molar-refractivity contribution in [2.75, 3.05) is 13.0 Å². The number of esters is 1. The fraction of sp³-hybridized carbons (Fsp3) is 0.238. The highest BCUT2D eigenvalue weighted by atomic mass is 79.9. The van der Waals surface area contributed by atoms with Gasteiger partial charge in [-0.15, -0.1) is 11.6 Å². The van der Waals surface area contributed by atoms with E-state index in [0.717, 1.165) is 32.2 Å². The fourth-order valence-electron chi connectivity index (χ4n) is 4.01. The number of aromatic nitrogens is 1. The number of aromatic amines is 1. The number of hydrogen-bond donors (Lipinski definition) is 1. The molecule has 3 aromatic rings. The van der Waals surface area contributed by atoms with Crippen molar-refractivity contribution < 1.29 is 14.3 Å². The Balaban J connectivity index is 2.01. The number of rotatable bonds is 3. The van der Waals surface area contributed by atoms with Crippen LogP contribution in [0, 0.1) is 0 Å². The number of benzene rings is 2. The van der Waals surface area contributed by atoms with Crippen LogP contribution in [0.1, 0.15) is 22.9 Å². The van der Waals surface area contributed by atoms with Crippen LogP contribution in [0.5, 0.6) is 0 Å². The lowest BCUT2D eigenvalue weighted by Gasteiger charge is -2.41. The van der Waals surface area contributed by atoms with Crippen molar-refractivity contribution in [1.82, 2.24) is 9.88 Å². The quantitative estimate of drug-likeness (QED) is 0.470. The van der Waals surface area contributed by atoms with E-state index in [1.165, 1.54) is 7.11 Å². The van der Waals surface area contributed by atoms with E-state index in [1.807, 2.05) is 48.5 Å². The lowest BCUT2D eigenvalue weighted by atomic mass is 9.88. The van der Waals surface area contributed by atoms with Gasteiger partial charge in [-0.05, 0) is 23.3 Å². The molecule has 0 fully saturated rings. The van der Waals surface area contributed by atoms with Crippen LogP contribution >= 0.6 is 27.5 Å². The standard InChI is InChI=1S/C21H18BrClN2O3/c1-28-21(27)17-10-14-12-6-3-5-9-16(12)24-19(14)20(25(17)18(26)11-23)13-7-2-4-8-15(13)22/h2-9,17,20,24H,10-11H2,1H3/t17-,20-/m0/s1. The molecule has 1 aliphatic heterocycles. The maximum Gasteiger partial charge on any atom is 0.328 e. The number of ether oxygens (including phenoxy) is 1. The molecule has 2 atom stereocenters. The van der Waals surface area contributed by atoms with Crippen LogP contribution < -0.4 is 0 Å². The lowest BCUT2D eigenvalue weighted by Crippen LogP contribution is -2.52. The maximum absolute atomic E-state index is 12.9. The van der Waals surface area contributed by atoms with Gasteiger partial charge in [0.1, 0.15) is 11.9 Å². The number of carbonyl (C=O) groups is 2. The van der Waals surface area contributed by atoms with Gasteiger partial charge in [0.05, 0.1) is 13.2 Å². The van der Waals surface area contributed by atoms with Crippen molar-refractivity contribution in [1.29, 1.82) is 0 Å². The number of hydrogen-bond acceptors (Lipinski definition) is 3. The topological polar surface area (TPSA) is 62.4 Å². The minimum atomic E-state index is -0.750. The number of nitrogens with zero attached hydrogens (tertiary/aromatic N) is 1. The lowest BCUT2D eigenvalue weighted by molar-refractivity contribution is -0.154.